The van der Waals surface area contributed by atoms with E-state index in [9.17, 15) is 4.79 Å². The van der Waals surface area contributed by atoms with Crippen molar-refractivity contribution in [3.63, 3.8) is 0 Å². The molecule has 0 aliphatic rings. The molecule has 0 saturated heterocycles. The second kappa shape index (κ2) is 9.23. The number of carbonyl (C=O) groups excluding carboxylic acids is 1. The number of aromatic nitrogens is 2. The molecule has 0 spiro atoms. The zero-order valence-electron chi connectivity index (χ0n) is 17.1. The Morgan fingerprint density at radius 3 is 2.55 bits per heavy atom. The molecular weight excluding hydrogens is 370 g/mol. The summed E-state index contributed by atoms with van der Waals surface area (Å²) in [7, 11) is 3.30. The smallest absolute Gasteiger partial charge is 0.263 e. The predicted molar refractivity (Wildman–Crippen MR) is 109 cm³/mol. The molecule has 0 aliphatic heterocycles. The van der Waals surface area contributed by atoms with Gasteiger partial charge in [-0.3, -0.25) is 4.79 Å². The van der Waals surface area contributed by atoms with E-state index in [1.807, 2.05) is 38.1 Å². The highest BCUT2D eigenvalue weighted by atomic mass is 16.5. The number of ether oxygens (including phenoxy) is 2. The maximum atomic E-state index is 12.8. The standard InChI is InChI=1S/C22H25N3O4/c1-5-19(28-18-11-9-17(27-4)10-12-18)22(26)25(3)14-20-23-21(24-29-20)16-8-6-7-15(2)13-16/h6-13,19H,5,14H2,1-4H3. The van der Waals surface area contributed by atoms with Gasteiger partial charge in [-0.1, -0.05) is 35.8 Å². The van der Waals surface area contributed by atoms with Gasteiger partial charge in [0.1, 0.15) is 11.5 Å². The summed E-state index contributed by atoms with van der Waals surface area (Å²) in [5.41, 5.74) is 1.99. The lowest BCUT2D eigenvalue weighted by Gasteiger charge is -2.22. The summed E-state index contributed by atoms with van der Waals surface area (Å²) in [4.78, 5) is 18.8. The predicted octanol–water partition coefficient (Wildman–Crippen LogP) is 3.87. The fourth-order valence-electron chi connectivity index (χ4n) is 2.87. The molecule has 1 amide bonds. The first-order valence-electron chi connectivity index (χ1n) is 9.45. The van der Waals surface area contributed by atoms with Crippen molar-refractivity contribution in [3.8, 4) is 22.9 Å². The topological polar surface area (TPSA) is 77.7 Å². The molecule has 0 saturated carbocycles. The fourth-order valence-corrected chi connectivity index (χ4v) is 2.87. The van der Waals surface area contributed by atoms with Gasteiger partial charge in [-0.05, 0) is 43.7 Å². The normalized spacial score (nSPS) is 11.7. The van der Waals surface area contributed by atoms with Crippen molar-refractivity contribution in [1.29, 1.82) is 0 Å². The number of amides is 1. The fraction of sp³-hybridized carbons (Fsp3) is 0.318. The highest BCUT2D eigenvalue weighted by Crippen LogP contribution is 2.20. The van der Waals surface area contributed by atoms with Gasteiger partial charge in [-0.15, -0.1) is 0 Å². The monoisotopic (exact) mass is 395 g/mol. The molecule has 0 aliphatic carbocycles. The van der Waals surface area contributed by atoms with Crippen molar-refractivity contribution in [2.75, 3.05) is 14.2 Å². The van der Waals surface area contributed by atoms with Gasteiger partial charge in [0, 0.05) is 12.6 Å². The van der Waals surface area contributed by atoms with Gasteiger partial charge in [-0.2, -0.15) is 4.98 Å². The van der Waals surface area contributed by atoms with Crippen molar-refractivity contribution in [2.45, 2.75) is 32.9 Å². The summed E-state index contributed by atoms with van der Waals surface area (Å²) in [6.45, 7) is 4.12. The van der Waals surface area contributed by atoms with E-state index < -0.39 is 6.10 Å². The summed E-state index contributed by atoms with van der Waals surface area (Å²) in [5, 5.41) is 4.02. The van der Waals surface area contributed by atoms with Crippen LogP contribution in [-0.4, -0.2) is 41.2 Å². The van der Waals surface area contributed by atoms with E-state index in [0.717, 1.165) is 16.9 Å². The molecule has 1 heterocycles. The van der Waals surface area contributed by atoms with Crippen molar-refractivity contribution in [1.82, 2.24) is 15.0 Å². The van der Waals surface area contributed by atoms with Gasteiger partial charge < -0.3 is 18.9 Å². The molecule has 0 radical (unpaired) electrons. The largest absolute Gasteiger partial charge is 0.497 e. The number of hydrogen-bond donors (Lipinski definition) is 0. The van der Waals surface area contributed by atoms with Gasteiger partial charge in [0.05, 0.1) is 13.7 Å². The molecular formula is C22H25N3O4. The number of carbonyl (C=O) groups is 1. The SMILES string of the molecule is CCC(Oc1ccc(OC)cc1)C(=O)N(C)Cc1nc(-c2cccc(C)c2)no1. The molecule has 2 aromatic carbocycles. The van der Waals surface area contributed by atoms with Crippen LogP contribution in [0.5, 0.6) is 11.5 Å². The Morgan fingerprint density at radius 1 is 1.17 bits per heavy atom. The van der Waals surface area contributed by atoms with Crippen molar-refractivity contribution >= 4 is 5.91 Å². The first-order chi connectivity index (χ1) is 14.0. The Bertz CT molecular complexity index is 953. The van der Waals surface area contributed by atoms with E-state index in [4.69, 9.17) is 14.0 Å². The Labute approximate surface area is 170 Å². The second-order valence-corrected chi connectivity index (χ2v) is 6.77. The lowest BCUT2D eigenvalue weighted by molar-refractivity contribution is -0.138. The van der Waals surface area contributed by atoms with Gasteiger partial charge in [0.2, 0.25) is 11.7 Å². The van der Waals surface area contributed by atoms with E-state index in [-0.39, 0.29) is 12.5 Å². The molecule has 29 heavy (non-hydrogen) atoms. The zero-order valence-corrected chi connectivity index (χ0v) is 17.1. The first-order valence-corrected chi connectivity index (χ1v) is 9.45. The number of rotatable bonds is 8. The van der Waals surface area contributed by atoms with E-state index in [0.29, 0.717) is 23.9 Å². The van der Waals surface area contributed by atoms with Gasteiger partial charge in [0.15, 0.2) is 6.10 Å². The van der Waals surface area contributed by atoms with Gasteiger partial charge in [0.25, 0.3) is 5.91 Å². The molecule has 3 aromatic rings. The summed E-state index contributed by atoms with van der Waals surface area (Å²) in [5.74, 6) is 2.06. The highest BCUT2D eigenvalue weighted by molar-refractivity contribution is 5.81. The van der Waals surface area contributed by atoms with Crippen LogP contribution in [-0.2, 0) is 11.3 Å². The van der Waals surface area contributed by atoms with Crippen LogP contribution in [0.25, 0.3) is 11.4 Å². The van der Waals surface area contributed by atoms with Crippen LogP contribution in [0.2, 0.25) is 0 Å². The summed E-state index contributed by atoms with van der Waals surface area (Å²) in [6.07, 6.45) is -0.0688. The summed E-state index contributed by atoms with van der Waals surface area (Å²) >= 11 is 0. The Hall–Kier alpha value is -3.35. The van der Waals surface area contributed by atoms with Crippen molar-refractivity contribution < 1.29 is 18.8 Å². The van der Waals surface area contributed by atoms with Crippen LogP contribution < -0.4 is 9.47 Å². The van der Waals surface area contributed by atoms with E-state index in [1.54, 1.807) is 38.4 Å². The molecule has 0 bridgehead atoms. The minimum absolute atomic E-state index is 0.154. The number of hydrogen-bond acceptors (Lipinski definition) is 6. The van der Waals surface area contributed by atoms with Crippen LogP contribution in [0.4, 0.5) is 0 Å². The summed E-state index contributed by atoms with van der Waals surface area (Å²) < 4.78 is 16.3. The van der Waals surface area contributed by atoms with Crippen LogP contribution in [0, 0.1) is 6.92 Å². The molecule has 1 aromatic heterocycles. The summed E-state index contributed by atoms with van der Waals surface area (Å²) in [6, 6.07) is 15.0. The lowest BCUT2D eigenvalue weighted by atomic mass is 10.1. The van der Waals surface area contributed by atoms with Crippen LogP contribution in [0.3, 0.4) is 0 Å². The van der Waals surface area contributed by atoms with Crippen LogP contribution >= 0.6 is 0 Å². The third-order valence-corrected chi connectivity index (χ3v) is 4.48. The average Bonchev–Trinajstić information content (AvgIpc) is 3.20. The maximum absolute atomic E-state index is 12.8. The van der Waals surface area contributed by atoms with Crippen molar-refractivity contribution in [2.24, 2.45) is 0 Å². The third-order valence-electron chi connectivity index (χ3n) is 4.48. The number of methoxy groups -OCH3 is 1. The van der Waals surface area contributed by atoms with Gasteiger partial charge in [-0.25, -0.2) is 0 Å². The van der Waals surface area contributed by atoms with Gasteiger partial charge >= 0.3 is 0 Å². The molecule has 7 nitrogen and oxygen atoms in total. The Morgan fingerprint density at radius 2 is 1.90 bits per heavy atom. The Balaban J connectivity index is 1.64. The lowest BCUT2D eigenvalue weighted by Crippen LogP contribution is -2.39. The average molecular weight is 395 g/mol. The number of nitrogens with zero attached hydrogens (tertiary/aromatic N) is 3. The van der Waals surface area contributed by atoms with Crippen molar-refractivity contribution in [3.05, 3.63) is 60.0 Å². The maximum Gasteiger partial charge on any atom is 0.263 e. The molecule has 1 unspecified atom stereocenters. The minimum Gasteiger partial charge on any atom is -0.497 e. The highest BCUT2D eigenvalue weighted by Gasteiger charge is 2.24. The van der Waals surface area contributed by atoms with Crippen LogP contribution in [0.1, 0.15) is 24.8 Å². The number of likely N-dealkylation sites (N-methyl/N-ethyl adjacent to an activating group) is 1. The third kappa shape index (κ3) is 5.13. The number of aryl methyl sites for hydroxylation is 1. The van der Waals surface area contributed by atoms with E-state index >= 15 is 0 Å². The number of benzene rings is 2. The first kappa shape index (κ1) is 20.4. The molecule has 152 valence electrons. The quantitative estimate of drug-likeness (QED) is 0.576. The second-order valence-electron chi connectivity index (χ2n) is 6.77. The van der Waals surface area contributed by atoms with E-state index in [2.05, 4.69) is 10.1 Å². The Kier molecular flexibility index (Phi) is 6.49. The molecule has 0 fully saturated rings. The van der Waals surface area contributed by atoms with E-state index in [1.165, 1.54) is 4.90 Å². The zero-order chi connectivity index (χ0) is 20.8. The minimum atomic E-state index is -0.604. The molecule has 3 rings (SSSR count). The molecule has 7 heteroatoms. The molecule has 1 atom stereocenters. The van der Waals surface area contributed by atoms with Crippen LogP contribution in [0.15, 0.2) is 53.1 Å². The molecule has 0 N–H and O–H groups in total.